The van der Waals surface area contributed by atoms with Gasteiger partial charge in [-0.3, -0.25) is 14.4 Å². The zero-order valence-electron chi connectivity index (χ0n) is 14.8. The molecule has 2 rings (SSSR count). The number of amides is 3. The van der Waals surface area contributed by atoms with Gasteiger partial charge < -0.3 is 15.5 Å². The first-order valence-corrected chi connectivity index (χ1v) is 8.36. The lowest BCUT2D eigenvalue weighted by Crippen LogP contribution is -2.36. The van der Waals surface area contributed by atoms with Crippen LogP contribution in [0.2, 0.25) is 5.02 Å². The molecular weight excluding hydrogens is 354 g/mol. The minimum Gasteiger partial charge on any atom is -0.326 e. The summed E-state index contributed by atoms with van der Waals surface area (Å²) in [6, 6.07) is 11.9. The second kappa shape index (κ2) is 8.49. The Hall–Kier alpha value is -2.86. The van der Waals surface area contributed by atoms with E-state index in [-0.39, 0.29) is 24.3 Å². The molecule has 7 heteroatoms. The molecule has 2 N–H and O–H groups in total. The van der Waals surface area contributed by atoms with Crippen LogP contribution < -0.4 is 15.5 Å². The third-order valence-electron chi connectivity index (χ3n) is 3.62. The lowest BCUT2D eigenvalue weighted by molar-refractivity contribution is -0.120. The van der Waals surface area contributed by atoms with E-state index in [9.17, 15) is 14.4 Å². The molecule has 2 aromatic carbocycles. The van der Waals surface area contributed by atoms with Gasteiger partial charge >= 0.3 is 0 Å². The van der Waals surface area contributed by atoms with E-state index in [1.165, 1.54) is 18.7 Å². The van der Waals surface area contributed by atoms with Gasteiger partial charge in [0.05, 0.1) is 0 Å². The van der Waals surface area contributed by atoms with Crippen LogP contribution in [0.4, 0.5) is 17.1 Å². The summed E-state index contributed by atoms with van der Waals surface area (Å²) < 4.78 is 0. The highest BCUT2D eigenvalue weighted by molar-refractivity contribution is 6.30. The van der Waals surface area contributed by atoms with Crippen molar-refractivity contribution in [2.45, 2.75) is 20.8 Å². The number of halogens is 1. The molecule has 2 aromatic rings. The Morgan fingerprint density at radius 2 is 1.77 bits per heavy atom. The Bertz CT molecular complexity index is 852. The van der Waals surface area contributed by atoms with Crippen molar-refractivity contribution in [3.05, 3.63) is 53.1 Å². The minimum atomic E-state index is -0.337. The molecule has 0 aliphatic heterocycles. The van der Waals surface area contributed by atoms with Crippen LogP contribution in [0, 0.1) is 6.92 Å². The van der Waals surface area contributed by atoms with E-state index in [0.29, 0.717) is 22.1 Å². The molecule has 0 aliphatic carbocycles. The standard InChI is InChI=1S/C19H20ClN3O3/c1-12-9-15(20)7-8-18(12)22-19(26)11-23(14(3)25)17-6-4-5-16(10-17)21-13(2)24/h4-10H,11H2,1-3H3,(H,21,24)(H,22,26). The first-order valence-electron chi connectivity index (χ1n) is 7.98. The molecule has 0 saturated heterocycles. The van der Waals surface area contributed by atoms with Gasteiger partial charge in [0.2, 0.25) is 17.7 Å². The molecular formula is C19H20ClN3O3. The highest BCUT2D eigenvalue weighted by atomic mass is 35.5. The van der Waals surface area contributed by atoms with E-state index >= 15 is 0 Å². The van der Waals surface area contributed by atoms with Gasteiger partial charge in [0.1, 0.15) is 6.54 Å². The number of carbonyl (C=O) groups is 3. The number of hydrogen-bond donors (Lipinski definition) is 2. The number of nitrogens with one attached hydrogen (secondary N) is 2. The predicted molar refractivity (Wildman–Crippen MR) is 104 cm³/mol. The molecule has 0 aromatic heterocycles. The Kier molecular flexibility index (Phi) is 6.36. The highest BCUT2D eigenvalue weighted by Gasteiger charge is 2.17. The molecule has 0 aliphatic rings. The van der Waals surface area contributed by atoms with Crippen molar-refractivity contribution >= 4 is 46.4 Å². The summed E-state index contributed by atoms with van der Waals surface area (Å²) in [6.07, 6.45) is 0. The second-order valence-electron chi connectivity index (χ2n) is 5.84. The van der Waals surface area contributed by atoms with Crippen LogP contribution in [0.25, 0.3) is 0 Å². The summed E-state index contributed by atoms with van der Waals surface area (Å²) >= 11 is 5.91. The fraction of sp³-hybridized carbons (Fsp3) is 0.211. The Labute approximate surface area is 157 Å². The van der Waals surface area contributed by atoms with E-state index < -0.39 is 0 Å². The molecule has 0 unspecified atom stereocenters. The van der Waals surface area contributed by atoms with Gasteiger partial charge in [-0.1, -0.05) is 17.7 Å². The first kappa shape index (κ1) is 19.5. The Morgan fingerprint density at radius 1 is 1.04 bits per heavy atom. The zero-order valence-corrected chi connectivity index (χ0v) is 15.6. The zero-order chi connectivity index (χ0) is 19.3. The fourth-order valence-corrected chi connectivity index (χ4v) is 2.67. The van der Waals surface area contributed by atoms with Crippen LogP contribution >= 0.6 is 11.6 Å². The molecule has 0 heterocycles. The van der Waals surface area contributed by atoms with E-state index in [0.717, 1.165) is 5.56 Å². The average Bonchev–Trinajstić information content (AvgIpc) is 2.54. The maximum atomic E-state index is 12.4. The largest absolute Gasteiger partial charge is 0.326 e. The van der Waals surface area contributed by atoms with E-state index in [1.54, 1.807) is 42.5 Å². The lowest BCUT2D eigenvalue weighted by Gasteiger charge is -2.21. The SMILES string of the molecule is CC(=O)Nc1cccc(N(CC(=O)Nc2ccc(Cl)cc2C)C(C)=O)c1. The number of hydrogen-bond acceptors (Lipinski definition) is 3. The summed E-state index contributed by atoms with van der Waals surface area (Å²) in [7, 11) is 0. The minimum absolute atomic E-state index is 0.152. The van der Waals surface area contributed by atoms with Crippen LogP contribution in [0.15, 0.2) is 42.5 Å². The number of anilines is 3. The van der Waals surface area contributed by atoms with Crippen LogP contribution in [-0.2, 0) is 14.4 Å². The molecule has 0 radical (unpaired) electrons. The summed E-state index contributed by atoms with van der Waals surface area (Å²) in [5, 5.41) is 6.02. The Balaban J connectivity index is 2.16. The second-order valence-corrected chi connectivity index (χ2v) is 6.28. The summed E-state index contributed by atoms with van der Waals surface area (Å²) in [5.41, 5.74) is 2.53. The summed E-state index contributed by atoms with van der Waals surface area (Å²) in [5.74, 6) is -0.837. The number of aryl methyl sites for hydroxylation is 1. The smallest absolute Gasteiger partial charge is 0.244 e. The lowest BCUT2D eigenvalue weighted by atomic mass is 10.2. The van der Waals surface area contributed by atoms with Crippen LogP contribution in [0.1, 0.15) is 19.4 Å². The van der Waals surface area contributed by atoms with Crippen molar-refractivity contribution in [1.29, 1.82) is 0 Å². The van der Waals surface area contributed by atoms with Crippen LogP contribution in [0.5, 0.6) is 0 Å². The highest BCUT2D eigenvalue weighted by Crippen LogP contribution is 2.22. The maximum absolute atomic E-state index is 12.4. The van der Waals surface area contributed by atoms with Gasteiger partial charge in [-0.15, -0.1) is 0 Å². The fourth-order valence-electron chi connectivity index (χ4n) is 2.44. The van der Waals surface area contributed by atoms with Crippen molar-refractivity contribution in [3.63, 3.8) is 0 Å². The summed E-state index contributed by atoms with van der Waals surface area (Å²) in [4.78, 5) is 37.0. The number of carbonyl (C=O) groups excluding carboxylic acids is 3. The van der Waals surface area contributed by atoms with Crippen molar-refractivity contribution in [3.8, 4) is 0 Å². The number of nitrogens with zero attached hydrogens (tertiary/aromatic N) is 1. The van der Waals surface area contributed by atoms with Crippen molar-refractivity contribution in [1.82, 2.24) is 0 Å². The monoisotopic (exact) mass is 373 g/mol. The van der Waals surface area contributed by atoms with Gasteiger partial charge in [0.15, 0.2) is 0 Å². The van der Waals surface area contributed by atoms with Crippen molar-refractivity contribution < 1.29 is 14.4 Å². The van der Waals surface area contributed by atoms with Gasteiger partial charge in [-0.2, -0.15) is 0 Å². The normalized spacial score (nSPS) is 10.2. The molecule has 0 atom stereocenters. The molecule has 0 saturated carbocycles. The third kappa shape index (κ3) is 5.32. The molecule has 6 nitrogen and oxygen atoms in total. The molecule has 0 fully saturated rings. The molecule has 136 valence electrons. The van der Waals surface area contributed by atoms with Gasteiger partial charge in [0, 0.05) is 35.9 Å². The molecule has 26 heavy (non-hydrogen) atoms. The number of rotatable bonds is 5. The van der Waals surface area contributed by atoms with Gasteiger partial charge in [-0.25, -0.2) is 0 Å². The average molecular weight is 374 g/mol. The van der Waals surface area contributed by atoms with Crippen molar-refractivity contribution in [2.24, 2.45) is 0 Å². The Morgan fingerprint density at radius 3 is 2.38 bits per heavy atom. The van der Waals surface area contributed by atoms with E-state index in [2.05, 4.69) is 10.6 Å². The van der Waals surface area contributed by atoms with E-state index in [4.69, 9.17) is 11.6 Å². The quantitative estimate of drug-likeness (QED) is 0.840. The first-order chi connectivity index (χ1) is 12.3. The van der Waals surface area contributed by atoms with Crippen LogP contribution in [-0.4, -0.2) is 24.3 Å². The number of benzene rings is 2. The maximum Gasteiger partial charge on any atom is 0.244 e. The molecule has 0 bridgehead atoms. The van der Waals surface area contributed by atoms with Crippen LogP contribution in [0.3, 0.4) is 0 Å². The molecule has 3 amide bonds. The summed E-state index contributed by atoms with van der Waals surface area (Å²) in [6.45, 7) is 4.46. The van der Waals surface area contributed by atoms with Gasteiger partial charge in [-0.05, 0) is 48.9 Å². The topological polar surface area (TPSA) is 78.5 Å². The van der Waals surface area contributed by atoms with Crippen molar-refractivity contribution in [2.75, 3.05) is 22.1 Å². The third-order valence-corrected chi connectivity index (χ3v) is 3.86. The van der Waals surface area contributed by atoms with E-state index in [1.807, 2.05) is 6.92 Å². The molecule has 0 spiro atoms. The predicted octanol–water partition coefficient (Wildman–Crippen LogP) is 3.60. The van der Waals surface area contributed by atoms with Gasteiger partial charge in [0.25, 0.3) is 0 Å².